The number of carbonyl (C=O) groups excluding carboxylic acids is 1. The molecule has 5 nitrogen and oxygen atoms in total. The highest BCUT2D eigenvalue weighted by molar-refractivity contribution is 5.78. The van der Waals surface area contributed by atoms with Gasteiger partial charge in [0.2, 0.25) is 0 Å². The molecular formula is C14H20N2O3. The van der Waals surface area contributed by atoms with Crippen LogP contribution in [0.4, 0.5) is 0 Å². The number of likely N-dealkylation sites (tertiary alicyclic amines) is 1. The van der Waals surface area contributed by atoms with E-state index in [1.165, 1.54) is 0 Å². The van der Waals surface area contributed by atoms with Gasteiger partial charge in [-0.15, -0.1) is 0 Å². The van der Waals surface area contributed by atoms with Crippen molar-refractivity contribution in [3.8, 4) is 5.75 Å². The standard InChI is InChI=1S/C14H20N2O3/c1-14(18)6-7-16(10-14)13(17)9-19-12-4-2-11(8-15)3-5-12/h2-5,18H,6-10,15H2,1H3. The smallest absolute Gasteiger partial charge is 0.260 e. The lowest BCUT2D eigenvalue weighted by molar-refractivity contribution is -0.133. The fourth-order valence-electron chi connectivity index (χ4n) is 2.12. The third-order valence-electron chi connectivity index (χ3n) is 3.33. The zero-order chi connectivity index (χ0) is 13.9. The average Bonchev–Trinajstić information content (AvgIpc) is 2.77. The summed E-state index contributed by atoms with van der Waals surface area (Å²) in [6.45, 7) is 3.19. The van der Waals surface area contributed by atoms with Crippen molar-refractivity contribution in [3.63, 3.8) is 0 Å². The van der Waals surface area contributed by atoms with Crippen molar-refractivity contribution in [3.05, 3.63) is 29.8 Å². The molecule has 1 aliphatic heterocycles. The van der Waals surface area contributed by atoms with Crippen LogP contribution in [0.5, 0.6) is 5.75 Å². The van der Waals surface area contributed by atoms with Gasteiger partial charge >= 0.3 is 0 Å². The number of rotatable bonds is 4. The van der Waals surface area contributed by atoms with E-state index in [9.17, 15) is 9.90 Å². The summed E-state index contributed by atoms with van der Waals surface area (Å²) in [5.74, 6) is 0.553. The third-order valence-corrected chi connectivity index (χ3v) is 3.33. The number of ether oxygens (including phenoxy) is 1. The minimum absolute atomic E-state index is 0.00193. The fraction of sp³-hybridized carbons (Fsp3) is 0.500. The van der Waals surface area contributed by atoms with Gasteiger partial charge in [0.1, 0.15) is 5.75 Å². The normalized spacial score (nSPS) is 22.6. The number of carbonyl (C=O) groups is 1. The van der Waals surface area contributed by atoms with Crippen molar-refractivity contribution in [2.75, 3.05) is 19.7 Å². The molecule has 0 aromatic heterocycles. The number of aliphatic hydroxyl groups is 1. The van der Waals surface area contributed by atoms with Crippen molar-refractivity contribution >= 4 is 5.91 Å². The highest BCUT2D eigenvalue weighted by atomic mass is 16.5. The molecule has 0 spiro atoms. The van der Waals surface area contributed by atoms with Crippen molar-refractivity contribution in [2.24, 2.45) is 5.73 Å². The highest BCUT2D eigenvalue weighted by Crippen LogP contribution is 2.20. The van der Waals surface area contributed by atoms with E-state index < -0.39 is 5.60 Å². The summed E-state index contributed by atoms with van der Waals surface area (Å²) in [5.41, 5.74) is 5.76. The Hall–Kier alpha value is -1.59. The Morgan fingerprint density at radius 1 is 1.47 bits per heavy atom. The van der Waals surface area contributed by atoms with Crippen molar-refractivity contribution in [1.82, 2.24) is 4.90 Å². The van der Waals surface area contributed by atoms with E-state index in [1.807, 2.05) is 12.1 Å². The SMILES string of the molecule is CC1(O)CCN(C(=O)COc2ccc(CN)cc2)C1. The van der Waals surface area contributed by atoms with E-state index in [4.69, 9.17) is 10.5 Å². The van der Waals surface area contributed by atoms with Crippen molar-refractivity contribution in [1.29, 1.82) is 0 Å². The number of nitrogens with zero attached hydrogens (tertiary/aromatic N) is 1. The average molecular weight is 264 g/mol. The van der Waals surface area contributed by atoms with Gasteiger partial charge < -0.3 is 20.5 Å². The molecular weight excluding hydrogens is 244 g/mol. The van der Waals surface area contributed by atoms with Crippen LogP contribution in [-0.4, -0.2) is 41.2 Å². The summed E-state index contributed by atoms with van der Waals surface area (Å²) in [6.07, 6.45) is 0.615. The van der Waals surface area contributed by atoms with E-state index in [-0.39, 0.29) is 12.5 Å². The Bertz CT molecular complexity index is 443. The topological polar surface area (TPSA) is 75.8 Å². The monoisotopic (exact) mass is 264 g/mol. The van der Waals surface area contributed by atoms with Crippen LogP contribution in [0.2, 0.25) is 0 Å². The molecule has 3 N–H and O–H groups in total. The zero-order valence-electron chi connectivity index (χ0n) is 11.1. The van der Waals surface area contributed by atoms with Gasteiger partial charge in [-0.2, -0.15) is 0 Å². The maximum atomic E-state index is 11.9. The molecule has 104 valence electrons. The Kier molecular flexibility index (Phi) is 4.07. The quantitative estimate of drug-likeness (QED) is 0.830. The van der Waals surface area contributed by atoms with Gasteiger partial charge in [-0.1, -0.05) is 12.1 Å². The van der Waals surface area contributed by atoms with Gasteiger partial charge in [-0.3, -0.25) is 4.79 Å². The number of hydrogen-bond donors (Lipinski definition) is 2. The van der Waals surface area contributed by atoms with Crippen LogP contribution in [0.3, 0.4) is 0 Å². The van der Waals surface area contributed by atoms with Gasteiger partial charge in [-0.05, 0) is 31.0 Å². The molecule has 1 heterocycles. The van der Waals surface area contributed by atoms with E-state index in [2.05, 4.69) is 0 Å². The molecule has 0 bridgehead atoms. The van der Waals surface area contributed by atoms with Gasteiger partial charge in [-0.25, -0.2) is 0 Å². The van der Waals surface area contributed by atoms with Crippen LogP contribution in [0.1, 0.15) is 18.9 Å². The van der Waals surface area contributed by atoms with E-state index in [0.717, 1.165) is 5.56 Å². The molecule has 5 heteroatoms. The molecule has 2 rings (SSSR count). The molecule has 1 aromatic rings. The minimum Gasteiger partial charge on any atom is -0.484 e. The molecule has 1 amide bonds. The summed E-state index contributed by atoms with van der Waals surface area (Å²) in [4.78, 5) is 13.5. The first-order chi connectivity index (χ1) is 9.00. The number of benzene rings is 1. The largest absolute Gasteiger partial charge is 0.484 e. The lowest BCUT2D eigenvalue weighted by Gasteiger charge is -2.19. The molecule has 1 fully saturated rings. The predicted octanol–water partition coefficient (Wildman–Crippen LogP) is 0.507. The summed E-state index contributed by atoms with van der Waals surface area (Å²) >= 11 is 0. The maximum Gasteiger partial charge on any atom is 0.260 e. The first-order valence-electron chi connectivity index (χ1n) is 6.42. The summed E-state index contributed by atoms with van der Waals surface area (Å²) in [5, 5.41) is 9.81. The molecule has 0 aliphatic carbocycles. The zero-order valence-corrected chi connectivity index (χ0v) is 11.1. The molecule has 1 unspecified atom stereocenters. The lowest BCUT2D eigenvalue weighted by Crippen LogP contribution is -2.36. The number of hydrogen-bond acceptors (Lipinski definition) is 4. The molecule has 1 atom stereocenters. The third kappa shape index (κ3) is 3.68. The van der Waals surface area contributed by atoms with Crippen LogP contribution < -0.4 is 10.5 Å². The van der Waals surface area contributed by atoms with Gasteiger partial charge in [0.25, 0.3) is 5.91 Å². The second-order valence-electron chi connectivity index (χ2n) is 5.20. The van der Waals surface area contributed by atoms with Crippen molar-refractivity contribution < 1.29 is 14.6 Å². The molecule has 1 aliphatic rings. The number of nitrogens with two attached hydrogens (primary N) is 1. The fourth-order valence-corrected chi connectivity index (χ4v) is 2.12. The van der Waals surface area contributed by atoms with E-state index in [0.29, 0.717) is 31.8 Å². The van der Waals surface area contributed by atoms with E-state index in [1.54, 1.807) is 24.0 Å². The van der Waals surface area contributed by atoms with Crippen LogP contribution in [-0.2, 0) is 11.3 Å². The van der Waals surface area contributed by atoms with Gasteiger partial charge in [0.05, 0.1) is 5.60 Å². The van der Waals surface area contributed by atoms with Crippen LogP contribution >= 0.6 is 0 Å². The molecule has 0 radical (unpaired) electrons. The molecule has 0 saturated carbocycles. The first kappa shape index (κ1) is 13.8. The minimum atomic E-state index is -0.765. The maximum absolute atomic E-state index is 11.9. The lowest BCUT2D eigenvalue weighted by atomic mass is 10.1. The Balaban J connectivity index is 1.83. The number of amides is 1. The van der Waals surface area contributed by atoms with Gasteiger partial charge in [0, 0.05) is 19.6 Å². The van der Waals surface area contributed by atoms with Gasteiger partial charge in [0.15, 0.2) is 6.61 Å². The van der Waals surface area contributed by atoms with E-state index >= 15 is 0 Å². The molecule has 1 saturated heterocycles. The van der Waals surface area contributed by atoms with Crippen LogP contribution in [0.15, 0.2) is 24.3 Å². The summed E-state index contributed by atoms with van der Waals surface area (Å²) in [6, 6.07) is 7.35. The molecule has 19 heavy (non-hydrogen) atoms. The number of β-amino-alcohol motifs (C(OH)–C–C–N with tert-alkyl or cyclic N) is 1. The van der Waals surface area contributed by atoms with Crippen LogP contribution in [0.25, 0.3) is 0 Å². The molecule has 1 aromatic carbocycles. The first-order valence-corrected chi connectivity index (χ1v) is 6.42. The van der Waals surface area contributed by atoms with Crippen molar-refractivity contribution in [2.45, 2.75) is 25.5 Å². The second-order valence-corrected chi connectivity index (χ2v) is 5.20. The highest BCUT2D eigenvalue weighted by Gasteiger charge is 2.33. The Labute approximate surface area is 113 Å². The summed E-state index contributed by atoms with van der Waals surface area (Å²) < 4.78 is 5.43. The second kappa shape index (κ2) is 5.59. The predicted molar refractivity (Wildman–Crippen MR) is 71.6 cm³/mol. The Morgan fingerprint density at radius 2 is 2.16 bits per heavy atom. The Morgan fingerprint density at radius 3 is 2.68 bits per heavy atom. The van der Waals surface area contributed by atoms with Crippen LogP contribution in [0, 0.1) is 0 Å². The summed E-state index contributed by atoms with van der Waals surface area (Å²) in [7, 11) is 0.